The van der Waals surface area contributed by atoms with Crippen LogP contribution in [0.4, 0.5) is 5.69 Å². The predicted octanol–water partition coefficient (Wildman–Crippen LogP) is 3.49. The zero-order valence-electron chi connectivity index (χ0n) is 12.9. The monoisotopic (exact) mass is 299 g/mol. The first kappa shape index (κ1) is 15.3. The lowest BCUT2D eigenvalue weighted by Gasteiger charge is -2.16. The molecule has 110 valence electrons. The molecule has 0 saturated heterocycles. The highest BCUT2D eigenvalue weighted by Gasteiger charge is 2.16. The quantitative estimate of drug-likeness (QED) is 0.878. The van der Waals surface area contributed by atoms with Crippen molar-refractivity contribution in [2.45, 2.75) is 19.6 Å². The Balaban J connectivity index is 2.09. The van der Waals surface area contributed by atoms with Crippen LogP contribution in [0.2, 0.25) is 19.6 Å². The number of nitrogens with one attached hydrogen (secondary N) is 1. The predicted molar refractivity (Wildman–Crippen MR) is 90.4 cm³/mol. The minimum atomic E-state index is -1.32. The number of amides is 1. The van der Waals surface area contributed by atoms with Crippen LogP contribution in [-0.2, 0) is 0 Å². The zero-order valence-corrected chi connectivity index (χ0v) is 13.9. The fraction of sp³-hybridized carbons (Fsp3) is 0.235. The Bertz CT molecular complexity index is 613. The van der Waals surface area contributed by atoms with E-state index in [1.165, 1.54) is 5.19 Å². The van der Waals surface area contributed by atoms with Crippen LogP contribution >= 0.6 is 0 Å². The number of hydrogen-bond acceptors (Lipinski definition) is 2. The molecule has 0 aliphatic heterocycles. The van der Waals surface area contributed by atoms with Gasteiger partial charge >= 0.3 is 0 Å². The summed E-state index contributed by atoms with van der Waals surface area (Å²) in [6, 6.07) is 15.2. The average Bonchev–Trinajstić information content (AvgIpc) is 2.47. The smallest absolute Gasteiger partial charge is 0.255 e. The summed E-state index contributed by atoms with van der Waals surface area (Å²) < 4.78 is 5.09. The molecule has 2 rings (SSSR count). The maximum absolute atomic E-state index is 12.2. The SMILES string of the molecule is COc1ccc(NC(=O)c2ccc([Si](C)(C)C)cc2)cc1. The van der Waals surface area contributed by atoms with Crippen molar-refractivity contribution in [3.8, 4) is 5.75 Å². The molecule has 2 aromatic rings. The lowest BCUT2D eigenvalue weighted by atomic mass is 10.2. The van der Waals surface area contributed by atoms with Crippen molar-refractivity contribution in [1.29, 1.82) is 0 Å². The first-order valence-corrected chi connectivity index (χ1v) is 10.5. The Labute approximate surface area is 127 Å². The van der Waals surface area contributed by atoms with Crippen molar-refractivity contribution in [2.24, 2.45) is 0 Å². The van der Waals surface area contributed by atoms with E-state index in [-0.39, 0.29) is 5.91 Å². The molecule has 3 nitrogen and oxygen atoms in total. The van der Waals surface area contributed by atoms with Crippen LogP contribution in [0.1, 0.15) is 10.4 Å². The molecule has 0 aliphatic rings. The van der Waals surface area contributed by atoms with Crippen molar-refractivity contribution in [3.63, 3.8) is 0 Å². The average molecular weight is 299 g/mol. The minimum absolute atomic E-state index is 0.0951. The van der Waals surface area contributed by atoms with E-state index >= 15 is 0 Å². The molecule has 0 unspecified atom stereocenters. The molecular formula is C17H21NO2Si. The highest BCUT2D eigenvalue weighted by molar-refractivity contribution is 6.88. The van der Waals surface area contributed by atoms with Crippen molar-refractivity contribution < 1.29 is 9.53 Å². The topological polar surface area (TPSA) is 38.3 Å². The fourth-order valence-electron chi connectivity index (χ4n) is 2.00. The summed E-state index contributed by atoms with van der Waals surface area (Å²) >= 11 is 0. The number of methoxy groups -OCH3 is 1. The standard InChI is InChI=1S/C17H21NO2Si/c1-20-15-9-7-14(8-10-15)18-17(19)13-5-11-16(12-6-13)21(2,3)4/h5-12H,1-4H3,(H,18,19). The Morgan fingerprint density at radius 1 is 0.952 bits per heavy atom. The third-order valence-electron chi connectivity index (χ3n) is 3.36. The van der Waals surface area contributed by atoms with Crippen LogP contribution in [0.5, 0.6) is 5.75 Å². The third kappa shape index (κ3) is 3.95. The van der Waals surface area contributed by atoms with Gasteiger partial charge in [0, 0.05) is 11.3 Å². The van der Waals surface area contributed by atoms with Gasteiger partial charge in [0.25, 0.3) is 5.91 Å². The lowest BCUT2D eigenvalue weighted by Crippen LogP contribution is -2.37. The van der Waals surface area contributed by atoms with Gasteiger partial charge in [0.15, 0.2) is 0 Å². The van der Waals surface area contributed by atoms with Gasteiger partial charge in [-0.2, -0.15) is 0 Å². The molecular weight excluding hydrogens is 278 g/mol. The molecule has 1 N–H and O–H groups in total. The van der Waals surface area contributed by atoms with Crippen LogP contribution in [-0.4, -0.2) is 21.1 Å². The summed E-state index contributed by atoms with van der Waals surface area (Å²) in [6.45, 7) is 6.87. The summed E-state index contributed by atoms with van der Waals surface area (Å²) in [7, 11) is 0.297. The van der Waals surface area contributed by atoms with Crippen LogP contribution < -0.4 is 15.2 Å². The van der Waals surface area contributed by atoms with Crippen LogP contribution in [0.15, 0.2) is 48.5 Å². The van der Waals surface area contributed by atoms with Gasteiger partial charge in [0.1, 0.15) is 5.75 Å². The van der Waals surface area contributed by atoms with E-state index in [1.54, 1.807) is 7.11 Å². The molecule has 0 radical (unpaired) electrons. The number of anilines is 1. The molecule has 0 atom stereocenters. The molecule has 4 heteroatoms. The summed E-state index contributed by atoms with van der Waals surface area (Å²) in [5.41, 5.74) is 1.43. The zero-order chi connectivity index (χ0) is 15.5. The Hall–Kier alpha value is -2.07. The number of rotatable bonds is 4. The van der Waals surface area contributed by atoms with E-state index in [0.29, 0.717) is 5.56 Å². The fourth-order valence-corrected chi connectivity index (χ4v) is 3.17. The molecule has 0 spiro atoms. The van der Waals surface area contributed by atoms with E-state index in [4.69, 9.17) is 4.74 Å². The van der Waals surface area contributed by atoms with Crippen molar-refractivity contribution in [3.05, 3.63) is 54.1 Å². The number of hydrogen-bond donors (Lipinski definition) is 1. The van der Waals surface area contributed by atoms with Crippen molar-refractivity contribution >= 4 is 24.9 Å². The second-order valence-corrected chi connectivity index (χ2v) is 11.1. The maximum atomic E-state index is 12.2. The second-order valence-electron chi connectivity index (χ2n) is 6.01. The molecule has 0 saturated carbocycles. The normalized spacial score (nSPS) is 11.0. The molecule has 0 aliphatic carbocycles. The number of carbonyl (C=O) groups is 1. The molecule has 0 heterocycles. The first-order valence-electron chi connectivity index (χ1n) is 6.96. The summed E-state index contributed by atoms with van der Waals surface area (Å²) in [4.78, 5) is 12.2. The highest BCUT2D eigenvalue weighted by atomic mass is 28.3. The summed E-state index contributed by atoms with van der Waals surface area (Å²) in [5, 5.41) is 4.24. The molecule has 1 amide bonds. The number of benzene rings is 2. The van der Waals surface area contributed by atoms with E-state index in [1.807, 2.05) is 36.4 Å². The van der Waals surface area contributed by atoms with Crippen LogP contribution in [0.25, 0.3) is 0 Å². The van der Waals surface area contributed by atoms with Crippen LogP contribution in [0.3, 0.4) is 0 Å². The second kappa shape index (κ2) is 6.14. The van der Waals surface area contributed by atoms with E-state index < -0.39 is 8.07 Å². The van der Waals surface area contributed by atoms with Gasteiger partial charge in [-0.25, -0.2) is 0 Å². The van der Waals surface area contributed by atoms with Gasteiger partial charge < -0.3 is 10.1 Å². The van der Waals surface area contributed by atoms with Gasteiger partial charge in [-0.3, -0.25) is 4.79 Å². The van der Waals surface area contributed by atoms with Crippen molar-refractivity contribution in [1.82, 2.24) is 0 Å². The van der Waals surface area contributed by atoms with Crippen LogP contribution in [0, 0.1) is 0 Å². The third-order valence-corrected chi connectivity index (χ3v) is 5.43. The Kier molecular flexibility index (Phi) is 4.48. The maximum Gasteiger partial charge on any atom is 0.255 e. The van der Waals surface area contributed by atoms with Gasteiger partial charge in [-0.05, 0) is 36.4 Å². The van der Waals surface area contributed by atoms with Gasteiger partial charge in [0.2, 0.25) is 0 Å². The Morgan fingerprint density at radius 2 is 1.52 bits per heavy atom. The molecule has 21 heavy (non-hydrogen) atoms. The molecule has 0 fully saturated rings. The van der Waals surface area contributed by atoms with E-state index in [9.17, 15) is 4.79 Å². The minimum Gasteiger partial charge on any atom is -0.497 e. The van der Waals surface area contributed by atoms with E-state index in [2.05, 4.69) is 37.1 Å². The number of carbonyl (C=O) groups excluding carboxylic acids is 1. The Morgan fingerprint density at radius 3 is 2.00 bits per heavy atom. The van der Waals surface area contributed by atoms with Crippen molar-refractivity contribution in [2.75, 3.05) is 12.4 Å². The molecule has 2 aromatic carbocycles. The lowest BCUT2D eigenvalue weighted by molar-refractivity contribution is 0.102. The van der Waals surface area contributed by atoms with Gasteiger partial charge in [-0.15, -0.1) is 0 Å². The van der Waals surface area contributed by atoms with E-state index in [0.717, 1.165) is 11.4 Å². The summed E-state index contributed by atoms with van der Waals surface area (Å²) in [5.74, 6) is 0.676. The van der Waals surface area contributed by atoms with Gasteiger partial charge in [0.05, 0.1) is 15.2 Å². The first-order chi connectivity index (χ1) is 9.90. The summed E-state index contributed by atoms with van der Waals surface area (Å²) in [6.07, 6.45) is 0. The largest absolute Gasteiger partial charge is 0.497 e. The molecule has 0 aromatic heterocycles. The highest BCUT2D eigenvalue weighted by Crippen LogP contribution is 2.16. The molecule has 0 bridgehead atoms. The number of ether oxygens (including phenoxy) is 1. The van der Waals surface area contributed by atoms with Gasteiger partial charge in [-0.1, -0.05) is 37.0 Å².